The van der Waals surface area contributed by atoms with Gasteiger partial charge in [-0.05, 0) is 36.4 Å². The molecule has 0 unspecified atom stereocenters. The second-order valence-corrected chi connectivity index (χ2v) is 7.66. The highest BCUT2D eigenvalue weighted by Crippen LogP contribution is 2.45. The van der Waals surface area contributed by atoms with Crippen LogP contribution in [0.15, 0.2) is 66.9 Å². The summed E-state index contributed by atoms with van der Waals surface area (Å²) in [5, 5.41) is 0. The fraction of sp³-hybridized carbons (Fsp3) is 0.261. The summed E-state index contributed by atoms with van der Waals surface area (Å²) < 4.78 is 50.8. The van der Waals surface area contributed by atoms with Crippen LogP contribution in [0.5, 0.6) is 11.5 Å². The van der Waals surface area contributed by atoms with Crippen molar-refractivity contribution in [1.82, 2.24) is 9.47 Å². The van der Waals surface area contributed by atoms with E-state index in [1.54, 1.807) is 4.90 Å². The third-order valence-electron chi connectivity index (χ3n) is 5.85. The van der Waals surface area contributed by atoms with Crippen molar-refractivity contribution in [3.05, 3.63) is 78.1 Å². The van der Waals surface area contributed by atoms with Crippen LogP contribution < -0.4 is 9.47 Å². The minimum absolute atomic E-state index is 0.103. The Hall–Kier alpha value is -3.42. The van der Waals surface area contributed by atoms with Crippen LogP contribution in [0.4, 0.5) is 13.2 Å². The molecule has 5 rings (SSSR count). The van der Waals surface area contributed by atoms with Crippen LogP contribution in [0.1, 0.15) is 28.9 Å². The Balaban J connectivity index is 1.38. The van der Waals surface area contributed by atoms with E-state index in [-0.39, 0.29) is 5.56 Å². The van der Waals surface area contributed by atoms with Crippen LogP contribution in [0.2, 0.25) is 0 Å². The van der Waals surface area contributed by atoms with E-state index in [9.17, 15) is 18.0 Å². The molecule has 5 nitrogen and oxygen atoms in total. The van der Waals surface area contributed by atoms with Crippen LogP contribution in [0, 0.1) is 0 Å². The number of fused-ring (bicyclic) bond motifs is 4. The molecule has 1 aromatic heterocycles. The number of para-hydroxylation sites is 3. The third kappa shape index (κ3) is 3.41. The summed E-state index contributed by atoms with van der Waals surface area (Å²) in [6.07, 6.45) is -1.82. The maximum Gasteiger partial charge on any atom is 0.573 e. The van der Waals surface area contributed by atoms with Gasteiger partial charge >= 0.3 is 6.36 Å². The quantitative estimate of drug-likeness (QED) is 0.583. The second-order valence-electron chi connectivity index (χ2n) is 7.66. The molecule has 0 radical (unpaired) electrons. The Morgan fingerprint density at radius 3 is 2.45 bits per heavy atom. The van der Waals surface area contributed by atoms with Crippen molar-refractivity contribution in [1.29, 1.82) is 0 Å². The molecule has 0 atom stereocenters. The number of rotatable bonds is 2. The van der Waals surface area contributed by atoms with Crippen LogP contribution >= 0.6 is 0 Å². The number of hydrogen-bond acceptors (Lipinski definition) is 3. The first-order valence-corrected chi connectivity index (χ1v) is 9.97. The molecular formula is C23H19F3N2O3. The van der Waals surface area contributed by atoms with Gasteiger partial charge in [0.2, 0.25) is 0 Å². The van der Waals surface area contributed by atoms with Crippen molar-refractivity contribution in [2.75, 3.05) is 13.1 Å². The van der Waals surface area contributed by atoms with Crippen molar-refractivity contribution in [3.8, 4) is 17.2 Å². The molecule has 1 spiro atoms. The molecular weight excluding hydrogens is 409 g/mol. The number of piperidine rings is 1. The lowest BCUT2D eigenvalue weighted by atomic mass is 9.86. The Bertz CT molecular complexity index is 1130. The highest BCUT2D eigenvalue weighted by atomic mass is 19.4. The van der Waals surface area contributed by atoms with E-state index >= 15 is 0 Å². The summed E-state index contributed by atoms with van der Waals surface area (Å²) in [7, 11) is 0. The van der Waals surface area contributed by atoms with Crippen molar-refractivity contribution in [2.45, 2.75) is 24.8 Å². The summed E-state index contributed by atoms with van der Waals surface area (Å²) in [5.74, 6) is -0.201. The van der Waals surface area contributed by atoms with E-state index in [4.69, 9.17) is 4.74 Å². The first-order valence-electron chi connectivity index (χ1n) is 9.97. The van der Waals surface area contributed by atoms with Crippen LogP contribution in [0.3, 0.4) is 0 Å². The average Bonchev–Trinajstić information content (AvgIpc) is 3.25. The lowest BCUT2D eigenvalue weighted by molar-refractivity contribution is -0.274. The number of aromatic nitrogens is 1. The van der Waals surface area contributed by atoms with Gasteiger partial charge in [-0.2, -0.15) is 0 Å². The Morgan fingerprint density at radius 2 is 1.68 bits per heavy atom. The second kappa shape index (κ2) is 7.08. The fourth-order valence-electron chi connectivity index (χ4n) is 4.42. The molecule has 0 saturated carbocycles. The summed E-state index contributed by atoms with van der Waals surface area (Å²) in [6.45, 7) is 0.707. The zero-order chi connectivity index (χ0) is 21.6. The number of benzene rings is 2. The predicted octanol–water partition coefficient (Wildman–Crippen LogP) is 4.90. The van der Waals surface area contributed by atoms with Crippen molar-refractivity contribution >= 4 is 5.91 Å². The predicted molar refractivity (Wildman–Crippen MR) is 106 cm³/mol. The van der Waals surface area contributed by atoms with E-state index in [2.05, 4.69) is 9.30 Å². The normalized spacial score (nSPS) is 16.9. The van der Waals surface area contributed by atoms with E-state index < -0.39 is 23.6 Å². The van der Waals surface area contributed by atoms with Gasteiger partial charge in [0.25, 0.3) is 5.91 Å². The molecule has 3 heterocycles. The first kappa shape index (κ1) is 19.5. The molecule has 0 N–H and O–H groups in total. The monoisotopic (exact) mass is 428 g/mol. The van der Waals surface area contributed by atoms with E-state index in [1.165, 1.54) is 18.2 Å². The smallest absolute Gasteiger partial charge is 0.479 e. The van der Waals surface area contributed by atoms with Gasteiger partial charge in [-0.1, -0.05) is 24.3 Å². The molecule has 2 aliphatic heterocycles. The van der Waals surface area contributed by atoms with Crippen molar-refractivity contribution in [2.24, 2.45) is 0 Å². The number of nitrogens with zero attached hydrogens (tertiary/aromatic N) is 2. The number of likely N-dealkylation sites (tertiary alicyclic amines) is 1. The molecule has 0 bridgehead atoms. The van der Waals surface area contributed by atoms with E-state index in [0.29, 0.717) is 25.9 Å². The highest BCUT2D eigenvalue weighted by molar-refractivity contribution is 5.97. The number of carbonyl (C=O) groups is 1. The molecule has 1 saturated heterocycles. The fourth-order valence-corrected chi connectivity index (χ4v) is 4.42. The van der Waals surface area contributed by atoms with E-state index in [1.807, 2.05) is 42.6 Å². The minimum atomic E-state index is -4.86. The zero-order valence-corrected chi connectivity index (χ0v) is 16.4. The number of halogens is 3. The highest BCUT2D eigenvalue weighted by Gasteiger charge is 2.45. The molecule has 1 amide bonds. The maximum absolute atomic E-state index is 13.0. The molecule has 31 heavy (non-hydrogen) atoms. The summed E-state index contributed by atoms with van der Waals surface area (Å²) in [4.78, 5) is 14.6. The Kier molecular flexibility index (Phi) is 4.46. The summed E-state index contributed by atoms with van der Waals surface area (Å²) in [6, 6.07) is 17.2. The van der Waals surface area contributed by atoms with Crippen LogP contribution in [-0.2, 0) is 5.60 Å². The number of alkyl halides is 3. The number of ether oxygens (including phenoxy) is 2. The number of hydrogen-bond donors (Lipinski definition) is 0. The number of carbonyl (C=O) groups excluding carboxylic acids is 1. The maximum atomic E-state index is 13.0. The lowest BCUT2D eigenvalue weighted by Gasteiger charge is -2.45. The lowest BCUT2D eigenvalue weighted by Crippen LogP contribution is -2.50. The van der Waals surface area contributed by atoms with Gasteiger partial charge in [0.1, 0.15) is 11.5 Å². The first-order chi connectivity index (χ1) is 14.9. The van der Waals surface area contributed by atoms with Crippen LogP contribution in [-0.4, -0.2) is 34.8 Å². The van der Waals surface area contributed by atoms with Crippen molar-refractivity contribution < 1.29 is 27.4 Å². The molecule has 2 aromatic carbocycles. The summed E-state index contributed by atoms with van der Waals surface area (Å²) >= 11 is 0. The average molecular weight is 428 g/mol. The van der Waals surface area contributed by atoms with Gasteiger partial charge in [0.15, 0.2) is 5.60 Å². The largest absolute Gasteiger partial charge is 0.573 e. The third-order valence-corrected chi connectivity index (χ3v) is 5.85. The SMILES string of the molecule is O=C(c1ccccc1OC(F)(F)F)N1CCC2(CC1)Oc1ccccc1-n1cccc12. The van der Waals surface area contributed by atoms with Crippen LogP contribution in [0.25, 0.3) is 5.69 Å². The van der Waals surface area contributed by atoms with Gasteiger partial charge in [-0.25, -0.2) is 0 Å². The van der Waals surface area contributed by atoms with Crippen molar-refractivity contribution in [3.63, 3.8) is 0 Å². The molecule has 3 aromatic rings. The van der Waals surface area contributed by atoms with Gasteiger partial charge in [-0.3, -0.25) is 4.79 Å². The standard InChI is InChI=1S/C23H19F3N2O3/c24-23(25,26)31-18-8-3-1-6-16(18)21(29)27-14-11-22(12-15-27)20-10-5-13-28(20)17-7-2-4-9-19(17)30-22/h1-10,13H,11-12,14-15H2. The zero-order valence-electron chi connectivity index (χ0n) is 16.4. The van der Waals surface area contributed by atoms with E-state index in [0.717, 1.165) is 23.2 Å². The van der Waals surface area contributed by atoms with Gasteiger partial charge in [0, 0.05) is 32.1 Å². The molecule has 160 valence electrons. The molecule has 0 aliphatic carbocycles. The molecule has 2 aliphatic rings. The minimum Gasteiger partial charge on any atom is -0.479 e. The summed E-state index contributed by atoms with van der Waals surface area (Å²) in [5.41, 5.74) is 1.29. The molecule has 1 fully saturated rings. The Morgan fingerprint density at radius 1 is 0.968 bits per heavy atom. The number of amides is 1. The topological polar surface area (TPSA) is 43.7 Å². The Labute approximate surface area is 176 Å². The van der Waals surface area contributed by atoms with Gasteiger partial charge in [-0.15, -0.1) is 13.2 Å². The molecule has 8 heteroatoms. The van der Waals surface area contributed by atoms with Gasteiger partial charge in [0.05, 0.1) is 16.9 Å². The van der Waals surface area contributed by atoms with Gasteiger partial charge < -0.3 is 18.9 Å².